The van der Waals surface area contributed by atoms with E-state index in [4.69, 9.17) is 11.6 Å². The van der Waals surface area contributed by atoms with E-state index in [9.17, 15) is 0 Å². The molecule has 2 aromatic rings. The Morgan fingerprint density at radius 1 is 0.938 bits per heavy atom. The summed E-state index contributed by atoms with van der Waals surface area (Å²) in [6.45, 7) is 0. The molecule has 0 aliphatic carbocycles. The molecule has 0 aromatic heterocycles. The van der Waals surface area contributed by atoms with Gasteiger partial charge in [-0.15, -0.1) is 27.1 Å². The number of rotatable bonds is 1. The molecule has 0 fully saturated rings. The summed E-state index contributed by atoms with van der Waals surface area (Å²) < 4.78 is 0.994. The smallest absolute Gasteiger partial charge is 0 e. The molecule has 0 spiro atoms. The Morgan fingerprint density at radius 2 is 1.50 bits per heavy atom. The fraction of sp³-hybridized carbons (Fsp3) is 0. The topological polar surface area (TPSA) is 0 Å². The summed E-state index contributed by atoms with van der Waals surface area (Å²) in [5.74, 6) is 0. The molecule has 0 atom stereocenters. The normalized spacial score (nSPS) is 8.88. The van der Waals surface area contributed by atoms with Crippen LogP contribution in [0.2, 0.25) is 5.02 Å². The Hall–Kier alpha value is 1.05. The summed E-state index contributed by atoms with van der Waals surface area (Å²) in [4.78, 5) is 0. The van der Waals surface area contributed by atoms with Crippen LogP contribution in [0.25, 0.3) is 11.1 Å². The van der Waals surface area contributed by atoms with E-state index >= 15 is 0 Å². The molecular formula is C12H6BrCd2Cl-2. The second-order valence-corrected chi connectivity index (χ2v) is 4.07. The number of benzene rings is 2. The van der Waals surface area contributed by atoms with E-state index in [0.29, 0.717) is 5.02 Å². The van der Waals surface area contributed by atoms with Gasteiger partial charge >= 0.3 is 0 Å². The molecule has 0 aliphatic heterocycles. The van der Waals surface area contributed by atoms with Gasteiger partial charge in [0.25, 0.3) is 0 Å². The number of hydrogen-bond acceptors (Lipinski definition) is 0. The molecular weight excluding hydrogens is 484 g/mol. The maximum absolute atomic E-state index is 6.07. The molecule has 0 bridgehead atoms. The van der Waals surface area contributed by atoms with E-state index in [2.05, 4.69) is 28.1 Å². The molecule has 0 aliphatic rings. The Balaban J connectivity index is 0.00000112. The minimum atomic E-state index is 0. The van der Waals surface area contributed by atoms with Crippen LogP contribution in [-0.4, -0.2) is 0 Å². The zero-order chi connectivity index (χ0) is 9.97. The maximum Gasteiger partial charge on any atom is 0 e. The zero-order valence-electron chi connectivity index (χ0n) is 8.63. The van der Waals surface area contributed by atoms with Crippen molar-refractivity contribution in [3.8, 4) is 11.1 Å². The summed E-state index contributed by atoms with van der Waals surface area (Å²) in [5.41, 5.74) is 2.08. The fourth-order valence-corrected chi connectivity index (χ4v) is 1.96. The van der Waals surface area contributed by atoms with E-state index in [1.54, 1.807) is 6.07 Å². The number of halogens is 2. The third-order valence-electron chi connectivity index (χ3n) is 1.92. The van der Waals surface area contributed by atoms with Gasteiger partial charge in [-0.3, -0.25) is 0 Å². The van der Waals surface area contributed by atoms with Gasteiger partial charge in [0.05, 0.1) is 0 Å². The van der Waals surface area contributed by atoms with Crippen LogP contribution in [0.3, 0.4) is 0 Å². The SMILES string of the molecule is Clc1c[c-]ccc1-c1cc[c-]cc1Br.[Cd].[Cd]. The van der Waals surface area contributed by atoms with Crippen LogP contribution < -0.4 is 0 Å². The van der Waals surface area contributed by atoms with Gasteiger partial charge < -0.3 is 0 Å². The van der Waals surface area contributed by atoms with Crippen LogP contribution in [0.5, 0.6) is 0 Å². The van der Waals surface area contributed by atoms with Crippen molar-refractivity contribution in [3.05, 3.63) is 58.0 Å². The predicted molar refractivity (Wildman–Crippen MR) is 62.3 cm³/mol. The molecule has 0 radical (unpaired) electrons. The predicted octanol–water partition coefficient (Wildman–Crippen LogP) is 4.36. The first kappa shape index (κ1) is 17.1. The Morgan fingerprint density at radius 3 is 2.06 bits per heavy atom. The monoisotopic (exact) mass is 492 g/mol. The minimum Gasteiger partial charge on any atom is -0.183 e. The van der Waals surface area contributed by atoms with Crippen molar-refractivity contribution in [2.24, 2.45) is 0 Å². The second-order valence-electron chi connectivity index (χ2n) is 2.81. The Kier molecular flexibility index (Phi) is 8.75. The first-order valence-corrected chi connectivity index (χ1v) is 5.27. The fourth-order valence-electron chi connectivity index (χ4n) is 1.26. The van der Waals surface area contributed by atoms with Crippen LogP contribution in [-0.2, 0) is 54.6 Å². The quantitative estimate of drug-likeness (QED) is 0.412. The molecule has 0 amide bonds. The van der Waals surface area contributed by atoms with Gasteiger partial charge in [0.1, 0.15) is 0 Å². The van der Waals surface area contributed by atoms with Gasteiger partial charge in [0, 0.05) is 54.6 Å². The summed E-state index contributed by atoms with van der Waals surface area (Å²) in [7, 11) is 0. The van der Waals surface area contributed by atoms with Gasteiger partial charge in [0.2, 0.25) is 0 Å². The van der Waals surface area contributed by atoms with Crippen molar-refractivity contribution in [1.29, 1.82) is 0 Å². The van der Waals surface area contributed by atoms with E-state index in [1.165, 1.54) is 0 Å². The molecule has 0 heterocycles. The van der Waals surface area contributed by atoms with Gasteiger partial charge in [-0.2, -0.15) is 60.1 Å². The molecule has 74 valence electrons. The summed E-state index contributed by atoms with van der Waals surface area (Å²) in [5, 5.41) is 0.708. The third-order valence-corrected chi connectivity index (χ3v) is 2.89. The molecule has 16 heavy (non-hydrogen) atoms. The van der Waals surface area contributed by atoms with Crippen molar-refractivity contribution >= 4 is 27.5 Å². The van der Waals surface area contributed by atoms with Crippen molar-refractivity contribution in [2.75, 3.05) is 0 Å². The van der Waals surface area contributed by atoms with Crippen LogP contribution in [0.15, 0.2) is 40.9 Å². The van der Waals surface area contributed by atoms with Crippen molar-refractivity contribution in [1.82, 2.24) is 0 Å². The molecule has 2 aromatic carbocycles. The molecule has 0 nitrogen and oxygen atoms in total. The van der Waals surface area contributed by atoms with Crippen molar-refractivity contribution in [2.45, 2.75) is 0 Å². The summed E-state index contributed by atoms with van der Waals surface area (Å²) in [6, 6.07) is 17.2. The molecule has 4 heteroatoms. The van der Waals surface area contributed by atoms with Crippen molar-refractivity contribution < 1.29 is 54.6 Å². The molecule has 0 N–H and O–H groups in total. The van der Waals surface area contributed by atoms with E-state index in [-0.39, 0.29) is 54.6 Å². The second kappa shape index (κ2) is 8.21. The molecule has 0 unspecified atom stereocenters. The van der Waals surface area contributed by atoms with Crippen LogP contribution in [0.4, 0.5) is 0 Å². The van der Waals surface area contributed by atoms with Gasteiger partial charge in [-0.05, 0) is 0 Å². The van der Waals surface area contributed by atoms with Gasteiger partial charge in [-0.25, -0.2) is 0 Å². The third kappa shape index (κ3) is 4.06. The first-order valence-electron chi connectivity index (χ1n) is 4.10. The average molecular weight is 490 g/mol. The largest absolute Gasteiger partial charge is 0.183 e. The van der Waals surface area contributed by atoms with Crippen LogP contribution >= 0.6 is 27.5 Å². The zero-order valence-corrected chi connectivity index (χ0v) is 19.0. The molecule has 0 saturated heterocycles. The first-order chi connectivity index (χ1) is 6.79. The van der Waals surface area contributed by atoms with E-state index in [1.807, 2.05) is 30.3 Å². The van der Waals surface area contributed by atoms with E-state index in [0.717, 1.165) is 15.6 Å². The Bertz CT molecular complexity index is 417. The minimum absolute atomic E-state index is 0. The van der Waals surface area contributed by atoms with E-state index < -0.39 is 0 Å². The maximum atomic E-state index is 6.07. The average Bonchev–Trinajstić information content (AvgIpc) is 2.20. The standard InChI is InChI=1S/C12H6BrCl.2Cd/c13-11-7-3-1-5-9(11)10-6-2-4-8-12(10)14;;/h1-2,5-8H;;/q-2;;. The van der Waals surface area contributed by atoms with Crippen LogP contribution in [0, 0.1) is 12.1 Å². The Labute approximate surface area is 149 Å². The van der Waals surface area contributed by atoms with Gasteiger partial charge in [-0.1, -0.05) is 9.50 Å². The van der Waals surface area contributed by atoms with Gasteiger partial charge in [0.15, 0.2) is 0 Å². The number of hydrogen-bond donors (Lipinski definition) is 0. The molecule has 2 rings (SSSR count). The molecule has 0 saturated carbocycles. The summed E-state index contributed by atoms with van der Waals surface area (Å²) in [6.07, 6.45) is 0. The van der Waals surface area contributed by atoms with Crippen molar-refractivity contribution in [3.63, 3.8) is 0 Å². The van der Waals surface area contributed by atoms with Crippen LogP contribution in [0.1, 0.15) is 0 Å². The summed E-state index contributed by atoms with van der Waals surface area (Å²) >= 11 is 9.54.